The van der Waals surface area contributed by atoms with Gasteiger partial charge < -0.3 is 4.74 Å². The summed E-state index contributed by atoms with van der Waals surface area (Å²) >= 11 is 3.41. The summed E-state index contributed by atoms with van der Waals surface area (Å²) in [4.78, 5) is 0. The highest BCUT2D eigenvalue weighted by Crippen LogP contribution is 2.22. The van der Waals surface area contributed by atoms with Gasteiger partial charge >= 0.3 is 0 Å². The fraction of sp³-hybridized carbons (Fsp3) is 0.500. The molecule has 0 heterocycles. The zero-order chi connectivity index (χ0) is 12.9. The number of benzene rings is 1. The normalized spacial score (nSPS) is 11.5. The highest BCUT2D eigenvalue weighted by atomic mass is 79.9. The molecule has 5 heteroatoms. The molecule has 1 aromatic rings. The summed E-state index contributed by atoms with van der Waals surface area (Å²) in [5.74, 6) is 0.990. The molecule has 1 aromatic carbocycles. The van der Waals surface area contributed by atoms with Crippen molar-refractivity contribution in [3.8, 4) is 5.75 Å². The fourth-order valence-corrected chi connectivity index (χ4v) is 2.54. The maximum absolute atomic E-state index is 10.9. The molecule has 3 nitrogen and oxygen atoms in total. The summed E-state index contributed by atoms with van der Waals surface area (Å²) in [6, 6.07) is 5.96. The van der Waals surface area contributed by atoms with E-state index in [2.05, 4.69) is 22.0 Å². The van der Waals surface area contributed by atoms with Crippen molar-refractivity contribution in [3.05, 3.63) is 29.3 Å². The summed E-state index contributed by atoms with van der Waals surface area (Å²) in [6.45, 7) is 2.45. The SMILES string of the molecule is Cc1ccc(OCCCS(C)(=O)=O)c(CBr)c1. The van der Waals surface area contributed by atoms with Crippen molar-refractivity contribution in [2.45, 2.75) is 18.7 Å². The van der Waals surface area contributed by atoms with Gasteiger partial charge in [-0.15, -0.1) is 0 Å². The van der Waals surface area contributed by atoms with Gasteiger partial charge in [0, 0.05) is 17.1 Å². The molecular formula is C12H17BrO3S. The molecule has 0 atom stereocenters. The number of rotatable bonds is 6. The first kappa shape index (κ1) is 14.5. The molecule has 0 N–H and O–H groups in total. The lowest BCUT2D eigenvalue weighted by Gasteiger charge is -2.10. The molecule has 0 fully saturated rings. The molecule has 0 aromatic heterocycles. The number of alkyl halides is 1. The lowest BCUT2D eigenvalue weighted by molar-refractivity contribution is 0.315. The first-order valence-corrected chi connectivity index (χ1v) is 8.56. The minimum atomic E-state index is -2.89. The van der Waals surface area contributed by atoms with Crippen LogP contribution in [0.25, 0.3) is 0 Å². The van der Waals surface area contributed by atoms with E-state index >= 15 is 0 Å². The van der Waals surface area contributed by atoms with Crippen LogP contribution in [-0.4, -0.2) is 27.0 Å². The second-order valence-electron chi connectivity index (χ2n) is 4.08. The minimum Gasteiger partial charge on any atom is -0.493 e. The molecule has 0 aliphatic heterocycles. The third-order valence-corrected chi connectivity index (χ3v) is 3.91. The van der Waals surface area contributed by atoms with Gasteiger partial charge in [-0.05, 0) is 19.4 Å². The molecule has 0 aliphatic rings. The predicted octanol–water partition coefficient (Wildman–Crippen LogP) is 2.70. The van der Waals surface area contributed by atoms with Crippen molar-refractivity contribution in [1.82, 2.24) is 0 Å². The van der Waals surface area contributed by atoms with Crippen LogP contribution in [0.2, 0.25) is 0 Å². The van der Waals surface area contributed by atoms with Crippen LogP contribution in [0, 0.1) is 6.92 Å². The average Bonchev–Trinajstić information content (AvgIpc) is 2.24. The van der Waals surface area contributed by atoms with Gasteiger partial charge in [-0.2, -0.15) is 0 Å². The number of halogens is 1. The van der Waals surface area contributed by atoms with Gasteiger partial charge in [0.2, 0.25) is 0 Å². The van der Waals surface area contributed by atoms with Gasteiger partial charge in [-0.25, -0.2) is 8.42 Å². The van der Waals surface area contributed by atoms with Crippen LogP contribution in [-0.2, 0) is 15.2 Å². The van der Waals surface area contributed by atoms with Crippen molar-refractivity contribution < 1.29 is 13.2 Å². The first-order valence-electron chi connectivity index (χ1n) is 5.38. The van der Waals surface area contributed by atoms with Crippen LogP contribution in [0.5, 0.6) is 5.75 Å². The Hall–Kier alpha value is -0.550. The zero-order valence-corrected chi connectivity index (χ0v) is 12.5. The maximum Gasteiger partial charge on any atom is 0.147 e. The summed E-state index contributed by atoms with van der Waals surface area (Å²) in [5.41, 5.74) is 2.27. The summed E-state index contributed by atoms with van der Waals surface area (Å²) < 4.78 is 27.5. The molecule has 0 saturated carbocycles. The van der Waals surface area contributed by atoms with Gasteiger partial charge in [0.05, 0.1) is 12.4 Å². The molecule has 0 spiro atoms. The Kier molecular flexibility index (Phi) is 5.46. The molecule has 96 valence electrons. The third-order valence-electron chi connectivity index (χ3n) is 2.28. The smallest absolute Gasteiger partial charge is 0.147 e. The quantitative estimate of drug-likeness (QED) is 0.598. The van der Waals surface area contributed by atoms with E-state index in [-0.39, 0.29) is 5.75 Å². The molecular weight excluding hydrogens is 304 g/mol. The van der Waals surface area contributed by atoms with Crippen molar-refractivity contribution in [3.63, 3.8) is 0 Å². The van der Waals surface area contributed by atoms with Crippen molar-refractivity contribution >= 4 is 25.8 Å². The summed E-state index contributed by atoms with van der Waals surface area (Å²) in [5, 5.41) is 0.732. The molecule has 0 unspecified atom stereocenters. The van der Waals surface area contributed by atoms with Crippen molar-refractivity contribution in [2.24, 2.45) is 0 Å². The van der Waals surface area contributed by atoms with Gasteiger partial charge in [0.25, 0.3) is 0 Å². The Morgan fingerprint density at radius 3 is 2.65 bits per heavy atom. The lowest BCUT2D eigenvalue weighted by atomic mass is 10.1. The molecule has 0 aliphatic carbocycles. The largest absolute Gasteiger partial charge is 0.493 e. The third kappa shape index (κ3) is 5.55. The van der Waals surface area contributed by atoms with Gasteiger partial charge in [-0.1, -0.05) is 33.6 Å². The Morgan fingerprint density at radius 2 is 2.06 bits per heavy atom. The Balaban J connectivity index is 2.52. The maximum atomic E-state index is 10.9. The van der Waals surface area contributed by atoms with Crippen molar-refractivity contribution in [1.29, 1.82) is 0 Å². The average molecular weight is 321 g/mol. The zero-order valence-electron chi connectivity index (χ0n) is 10.1. The van der Waals surface area contributed by atoms with Crippen LogP contribution >= 0.6 is 15.9 Å². The number of aryl methyl sites for hydroxylation is 1. The highest BCUT2D eigenvalue weighted by Gasteiger charge is 2.05. The van der Waals surface area contributed by atoms with E-state index in [0.29, 0.717) is 13.0 Å². The van der Waals surface area contributed by atoms with Crippen LogP contribution in [0.1, 0.15) is 17.5 Å². The Labute approximate surface area is 111 Å². The van der Waals surface area contributed by atoms with E-state index in [0.717, 1.165) is 16.6 Å². The van der Waals surface area contributed by atoms with Gasteiger partial charge in [0.1, 0.15) is 15.6 Å². The summed E-state index contributed by atoms with van der Waals surface area (Å²) in [7, 11) is -2.89. The number of hydrogen-bond acceptors (Lipinski definition) is 3. The van der Waals surface area contributed by atoms with Crippen LogP contribution in [0.15, 0.2) is 18.2 Å². The summed E-state index contributed by atoms with van der Waals surface area (Å²) in [6.07, 6.45) is 1.76. The minimum absolute atomic E-state index is 0.169. The highest BCUT2D eigenvalue weighted by molar-refractivity contribution is 9.08. The van der Waals surface area contributed by atoms with Gasteiger partial charge in [-0.3, -0.25) is 0 Å². The monoisotopic (exact) mass is 320 g/mol. The van der Waals surface area contributed by atoms with Crippen LogP contribution in [0.3, 0.4) is 0 Å². The molecule has 0 saturated heterocycles. The van der Waals surface area contributed by atoms with E-state index < -0.39 is 9.84 Å². The second kappa shape index (κ2) is 6.40. The molecule has 0 bridgehead atoms. The fourth-order valence-electron chi connectivity index (χ4n) is 1.46. The van der Waals surface area contributed by atoms with Crippen molar-refractivity contribution in [2.75, 3.05) is 18.6 Å². The van der Waals surface area contributed by atoms with Gasteiger partial charge in [0.15, 0.2) is 0 Å². The van der Waals surface area contributed by atoms with E-state index in [1.54, 1.807) is 0 Å². The molecule has 17 heavy (non-hydrogen) atoms. The standard InChI is InChI=1S/C12H17BrO3S/c1-10-4-5-12(11(8-10)9-13)16-6-3-7-17(2,14)15/h4-5,8H,3,6-7,9H2,1-2H3. The predicted molar refractivity (Wildman–Crippen MR) is 73.6 cm³/mol. The van der Waals surface area contributed by atoms with Crippen LogP contribution in [0.4, 0.5) is 0 Å². The number of hydrogen-bond donors (Lipinski definition) is 0. The lowest BCUT2D eigenvalue weighted by Crippen LogP contribution is -2.08. The van der Waals surface area contributed by atoms with E-state index in [4.69, 9.17) is 4.74 Å². The molecule has 0 radical (unpaired) electrons. The van der Waals surface area contributed by atoms with E-state index in [9.17, 15) is 8.42 Å². The second-order valence-corrected chi connectivity index (χ2v) is 6.90. The molecule has 0 amide bonds. The topological polar surface area (TPSA) is 43.4 Å². The Bertz CT molecular complexity index is 469. The number of sulfone groups is 1. The van der Waals surface area contributed by atoms with E-state index in [1.807, 2.05) is 19.1 Å². The number of ether oxygens (including phenoxy) is 1. The Morgan fingerprint density at radius 1 is 1.35 bits per heavy atom. The van der Waals surface area contributed by atoms with Crippen LogP contribution < -0.4 is 4.74 Å². The van der Waals surface area contributed by atoms with E-state index in [1.165, 1.54) is 11.8 Å². The first-order chi connectivity index (χ1) is 7.92. The molecule has 1 rings (SSSR count).